The molecule has 0 aliphatic heterocycles. The molecule has 0 amide bonds. The molecule has 0 bridgehead atoms. The van der Waals surface area contributed by atoms with Gasteiger partial charge in [-0.1, -0.05) is 12.8 Å². The summed E-state index contributed by atoms with van der Waals surface area (Å²) in [6.45, 7) is 2.91. The van der Waals surface area contributed by atoms with Crippen LogP contribution in [0.2, 0.25) is 0 Å². The molecule has 1 heterocycles. The van der Waals surface area contributed by atoms with Crippen LogP contribution in [-0.2, 0) is 6.54 Å². The van der Waals surface area contributed by atoms with Crippen molar-refractivity contribution < 1.29 is 0 Å². The Kier molecular flexibility index (Phi) is 3.19. The van der Waals surface area contributed by atoms with Crippen LogP contribution in [0, 0.1) is 12.8 Å². The van der Waals surface area contributed by atoms with Gasteiger partial charge in [0.15, 0.2) is 5.82 Å². The Morgan fingerprint density at radius 3 is 2.89 bits per heavy atom. The van der Waals surface area contributed by atoms with Crippen LogP contribution in [0.1, 0.15) is 31.2 Å². The summed E-state index contributed by atoms with van der Waals surface area (Å²) in [4.78, 5) is 0. The molecule has 0 spiro atoms. The predicted molar refractivity (Wildman–Crippen MR) is 74.4 cm³/mol. The fourth-order valence-electron chi connectivity index (χ4n) is 2.44. The average molecular weight is 257 g/mol. The van der Waals surface area contributed by atoms with E-state index in [4.69, 9.17) is 5.73 Å². The van der Waals surface area contributed by atoms with Gasteiger partial charge < -0.3 is 5.73 Å². The van der Waals surface area contributed by atoms with Gasteiger partial charge in [0, 0.05) is 17.8 Å². The molecule has 1 aromatic heterocycles. The van der Waals surface area contributed by atoms with Gasteiger partial charge in [0.25, 0.3) is 0 Å². The molecule has 1 aliphatic rings. The molecule has 1 aliphatic carbocycles. The highest BCUT2D eigenvalue weighted by Crippen LogP contribution is 2.33. The largest absolute Gasteiger partial charge is 0.399 e. The predicted octanol–water partition coefficient (Wildman–Crippen LogP) is 2.42. The van der Waals surface area contributed by atoms with Gasteiger partial charge in [-0.3, -0.25) is 0 Å². The minimum Gasteiger partial charge on any atom is -0.399 e. The lowest BCUT2D eigenvalue weighted by atomic mass is 10.1. The number of hydrogen-bond donors (Lipinski definition) is 1. The number of benzene rings is 1. The first-order chi connectivity index (χ1) is 9.22. The van der Waals surface area contributed by atoms with Gasteiger partial charge in [0.2, 0.25) is 0 Å². The van der Waals surface area contributed by atoms with Crippen molar-refractivity contribution >= 4 is 5.69 Å². The van der Waals surface area contributed by atoms with Crippen molar-refractivity contribution in [3.05, 3.63) is 23.8 Å². The second-order valence-corrected chi connectivity index (χ2v) is 5.44. The molecule has 3 rings (SSSR count). The molecule has 0 saturated heterocycles. The maximum atomic E-state index is 5.89. The van der Waals surface area contributed by atoms with Crippen LogP contribution in [0.25, 0.3) is 11.4 Å². The highest BCUT2D eigenvalue weighted by atomic mass is 15.5. The SMILES string of the molecule is Cc1cc(N)cc(-c2nnnn2CCCC2CC2)c1. The van der Waals surface area contributed by atoms with Crippen LogP contribution in [0.4, 0.5) is 5.69 Å². The van der Waals surface area contributed by atoms with Gasteiger partial charge in [-0.2, -0.15) is 0 Å². The summed E-state index contributed by atoms with van der Waals surface area (Å²) in [5, 5.41) is 12.0. The molecule has 0 radical (unpaired) electrons. The van der Waals surface area contributed by atoms with E-state index in [0.717, 1.165) is 41.5 Å². The zero-order valence-electron chi connectivity index (χ0n) is 11.2. The van der Waals surface area contributed by atoms with Gasteiger partial charge in [-0.05, 0) is 59.9 Å². The number of aromatic nitrogens is 4. The third-order valence-corrected chi connectivity index (χ3v) is 3.57. The quantitative estimate of drug-likeness (QED) is 0.835. The molecule has 5 heteroatoms. The fraction of sp³-hybridized carbons (Fsp3) is 0.500. The van der Waals surface area contributed by atoms with E-state index in [1.807, 2.05) is 23.7 Å². The Morgan fingerprint density at radius 1 is 1.32 bits per heavy atom. The maximum Gasteiger partial charge on any atom is 0.182 e. The number of nitrogen functional groups attached to an aromatic ring is 1. The number of tetrazole rings is 1. The monoisotopic (exact) mass is 257 g/mol. The first-order valence-electron chi connectivity index (χ1n) is 6.86. The fourth-order valence-corrected chi connectivity index (χ4v) is 2.44. The zero-order chi connectivity index (χ0) is 13.2. The third kappa shape index (κ3) is 2.92. The lowest BCUT2D eigenvalue weighted by molar-refractivity contribution is 0.526. The van der Waals surface area contributed by atoms with Crippen LogP contribution < -0.4 is 5.73 Å². The minimum atomic E-state index is 0.752. The van der Waals surface area contributed by atoms with Crippen molar-refractivity contribution in [3.63, 3.8) is 0 Å². The smallest absolute Gasteiger partial charge is 0.182 e. The number of hydrogen-bond acceptors (Lipinski definition) is 4. The lowest BCUT2D eigenvalue weighted by Crippen LogP contribution is -2.04. The molecule has 0 atom stereocenters. The zero-order valence-corrected chi connectivity index (χ0v) is 11.2. The minimum absolute atomic E-state index is 0.752. The number of nitrogens with zero attached hydrogens (tertiary/aromatic N) is 4. The summed E-state index contributed by atoms with van der Waals surface area (Å²) < 4.78 is 1.89. The van der Waals surface area contributed by atoms with Gasteiger partial charge in [-0.15, -0.1) is 5.10 Å². The number of aryl methyl sites for hydroxylation is 2. The summed E-state index contributed by atoms with van der Waals surface area (Å²) in [6, 6.07) is 5.94. The van der Waals surface area contributed by atoms with E-state index >= 15 is 0 Å². The van der Waals surface area contributed by atoms with E-state index in [2.05, 4.69) is 21.6 Å². The molecule has 1 saturated carbocycles. The first kappa shape index (κ1) is 12.1. The van der Waals surface area contributed by atoms with E-state index in [0.29, 0.717) is 0 Å². The Hall–Kier alpha value is -1.91. The van der Waals surface area contributed by atoms with E-state index in [1.54, 1.807) is 0 Å². The molecule has 0 unspecified atom stereocenters. The molecular formula is C14H19N5. The Labute approximate surface area is 112 Å². The summed E-state index contributed by atoms with van der Waals surface area (Å²) in [7, 11) is 0. The summed E-state index contributed by atoms with van der Waals surface area (Å²) in [5.41, 5.74) is 8.76. The molecule has 19 heavy (non-hydrogen) atoms. The van der Waals surface area contributed by atoms with E-state index in [1.165, 1.54) is 19.3 Å². The van der Waals surface area contributed by atoms with Crippen LogP contribution in [0.15, 0.2) is 18.2 Å². The van der Waals surface area contributed by atoms with Gasteiger partial charge in [0.05, 0.1) is 0 Å². The summed E-state index contributed by atoms with van der Waals surface area (Å²) in [5.74, 6) is 1.76. The van der Waals surface area contributed by atoms with Crippen molar-refractivity contribution in [2.75, 3.05) is 5.73 Å². The van der Waals surface area contributed by atoms with Crippen LogP contribution in [-0.4, -0.2) is 20.2 Å². The first-order valence-corrected chi connectivity index (χ1v) is 6.86. The van der Waals surface area contributed by atoms with Crippen molar-refractivity contribution in [3.8, 4) is 11.4 Å². The molecular weight excluding hydrogens is 238 g/mol. The lowest BCUT2D eigenvalue weighted by Gasteiger charge is -2.06. The normalized spacial score (nSPS) is 14.8. The molecule has 100 valence electrons. The standard InChI is InChI=1S/C14H19N5/c1-10-7-12(9-13(15)8-10)14-16-17-18-19(14)6-2-3-11-4-5-11/h7-9,11H,2-6,15H2,1H3. The second kappa shape index (κ2) is 4.99. The maximum absolute atomic E-state index is 5.89. The molecule has 1 fully saturated rings. The van der Waals surface area contributed by atoms with Crippen LogP contribution in [0.3, 0.4) is 0 Å². The molecule has 2 N–H and O–H groups in total. The Bertz CT molecular complexity index is 551. The van der Waals surface area contributed by atoms with Crippen molar-refractivity contribution in [2.45, 2.75) is 39.2 Å². The van der Waals surface area contributed by atoms with Crippen molar-refractivity contribution in [1.29, 1.82) is 0 Å². The number of anilines is 1. The average Bonchev–Trinajstić information content (AvgIpc) is 3.04. The highest BCUT2D eigenvalue weighted by molar-refractivity contribution is 5.62. The summed E-state index contributed by atoms with van der Waals surface area (Å²) in [6.07, 6.45) is 5.23. The van der Waals surface area contributed by atoms with Crippen molar-refractivity contribution in [2.24, 2.45) is 5.92 Å². The van der Waals surface area contributed by atoms with E-state index in [9.17, 15) is 0 Å². The molecule has 5 nitrogen and oxygen atoms in total. The second-order valence-electron chi connectivity index (χ2n) is 5.44. The Balaban J connectivity index is 1.77. The van der Waals surface area contributed by atoms with Crippen LogP contribution >= 0.6 is 0 Å². The topological polar surface area (TPSA) is 69.6 Å². The van der Waals surface area contributed by atoms with E-state index in [-0.39, 0.29) is 0 Å². The number of rotatable bonds is 5. The van der Waals surface area contributed by atoms with Gasteiger partial charge in [0.1, 0.15) is 0 Å². The molecule has 2 aromatic rings. The van der Waals surface area contributed by atoms with Crippen molar-refractivity contribution in [1.82, 2.24) is 20.2 Å². The highest BCUT2D eigenvalue weighted by Gasteiger charge is 2.20. The molecule has 1 aromatic carbocycles. The van der Waals surface area contributed by atoms with Crippen LogP contribution in [0.5, 0.6) is 0 Å². The summed E-state index contributed by atoms with van der Waals surface area (Å²) >= 11 is 0. The van der Waals surface area contributed by atoms with Gasteiger partial charge >= 0.3 is 0 Å². The third-order valence-electron chi connectivity index (χ3n) is 3.57. The van der Waals surface area contributed by atoms with E-state index < -0.39 is 0 Å². The number of nitrogens with two attached hydrogens (primary N) is 1. The van der Waals surface area contributed by atoms with Gasteiger partial charge in [-0.25, -0.2) is 4.68 Å². The Morgan fingerprint density at radius 2 is 2.16 bits per heavy atom.